The summed E-state index contributed by atoms with van der Waals surface area (Å²) >= 11 is 0. The average molecular weight is 284 g/mol. The zero-order valence-electron chi connectivity index (χ0n) is 12.4. The molecule has 3 heteroatoms. The molecule has 1 aliphatic carbocycles. The quantitative estimate of drug-likeness (QED) is 0.938. The van der Waals surface area contributed by atoms with Crippen molar-refractivity contribution < 1.29 is 14.6 Å². The fourth-order valence-corrected chi connectivity index (χ4v) is 2.83. The second kappa shape index (κ2) is 5.78. The van der Waals surface area contributed by atoms with Crippen molar-refractivity contribution in [3.8, 4) is 11.5 Å². The van der Waals surface area contributed by atoms with Crippen LogP contribution >= 0.6 is 0 Å². The molecule has 2 unspecified atom stereocenters. The van der Waals surface area contributed by atoms with Crippen molar-refractivity contribution in [3.63, 3.8) is 0 Å². The summed E-state index contributed by atoms with van der Waals surface area (Å²) in [6.45, 7) is 2.02. The molecular formula is C18H20O3. The molecule has 0 heterocycles. The summed E-state index contributed by atoms with van der Waals surface area (Å²) in [5.74, 6) is 1.61. The van der Waals surface area contributed by atoms with Crippen molar-refractivity contribution in [1.29, 1.82) is 0 Å². The lowest BCUT2D eigenvalue weighted by Crippen LogP contribution is -2.30. The first-order chi connectivity index (χ1) is 10.2. The number of benzene rings is 2. The summed E-state index contributed by atoms with van der Waals surface area (Å²) in [5, 5.41) is 10.6. The average Bonchev–Trinajstić information content (AvgIpc) is 2.52. The molecule has 2 aromatic rings. The van der Waals surface area contributed by atoms with Crippen LogP contribution in [0.3, 0.4) is 0 Å². The van der Waals surface area contributed by atoms with E-state index < -0.39 is 6.10 Å². The zero-order valence-corrected chi connectivity index (χ0v) is 12.4. The molecular weight excluding hydrogens is 264 g/mol. The van der Waals surface area contributed by atoms with Gasteiger partial charge in [-0.2, -0.15) is 0 Å². The van der Waals surface area contributed by atoms with E-state index in [1.54, 1.807) is 7.11 Å². The maximum Gasteiger partial charge on any atom is 0.129 e. The molecule has 0 aliphatic heterocycles. The normalized spacial score (nSPS) is 20.7. The molecule has 110 valence electrons. The first-order valence-corrected chi connectivity index (χ1v) is 7.26. The van der Waals surface area contributed by atoms with Gasteiger partial charge in [-0.05, 0) is 54.7 Å². The highest BCUT2D eigenvalue weighted by Crippen LogP contribution is 2.35. The summed E-state index contributed by atoms with van der Waals surface area (Å²) in [6.07, 6.45) is 0.885. The van der Waals surface area contributed by atoms with E-state index in [1.165, 1.54) is 5.56 Å². The summed E-state index contributed by atoms with van der Waals surface area (Å²) < 4.78 is 11.3. The molecule has 1 N–H and O–H groups in total. The van der Waals surface area contributed by atoms with Crippen molar-refractivity contribution in [3.05, 3.63) is 59.2 Å². The Morgan fingerprint density at radius 3 is 2.71 bits per heavy atom. The van der Waals surface area contributed by atoms with Crippen molar-refractivity contribution >= 4 is 0 Å². The van der Waals surface area contributed by atoms with Gasteiger partial charge in [0.2, 0.25) is 0 Å². The molecule has 0 bridgehead atoms. The highest BCUT2D eigenvalue weighted by molar-refractivity contribution is 5.40. The first kappa shape index (κ1) is 14.0. The Labute approximate surface area is 125 Å². The number of hydrogen-bond acceptors (Lipinski definition) is 3. The topological polar surface area (TPSA) is 38.7 Å². The molecule has 0 spiro atoms. The lowest BCUT2D eigenvalue weighted by molar-refractivity contribution is 0.0225. The predicted molar refractivity (Wildman–Crippen MR) is 81.9 cm³/mol. The minimum atomic E-state index is -0.622. The third kappa shape index (κ3) is 2.74. The van der Waals surface area contributed by atoms with Crippen LogP contribution in [0.2, 0.25) is 0 Å². The van der Waals surface area contributed by atoms with E-state index in [0.29, 0.717) is 0 Å². The lowest BCUT2D eigenvalue weighted by Gasteiger charge is -2.31. The van der Waals surface area contributed by atoms with Gasteiger partial charge in [0.25, 0.3) is 0 Å². The van der Waals surface area contributed by atoms with Crippen molar-refractivity contribution in [2.45, 2.75) is 32.0 Å². The summed E-state index contributed by atoms with van der Waals surface area (Å²) in [5.41, 5.74) is 3.17. The van der Waals surface area contributed by atoms with Gasteiger partial charge in [-0.1, -0.05) is 24.3 Å². The van der Waals surface area contributed by atoms with Crippen LogP contribution in [0, 0.1) is 6.92 Å². The van der Waals surface area contributed by atoms with E-state index >= 15 is 0 Å². The molecule has 0 amide bonds. The predicted octanol–water partition coefficient (Wildman–Crippen LogP) is 3.43. The molecule has 3 nitrogen and oxygen atoms in total. The number of hydrogen-bond donors (Lipinski definition) is 1. The fraction of sp³-hybridized carbons (Fsp3) is 0.333. The Hall–Kier alpha value is -2.00. The van der Waals surface area contributed by atoms with Crippen molar-refractivity contribution in [2.75, 3.05) is 7.11 Å². The number of aliphatic hydroxyl groups excluding tert-OH is 1. The molecule has 0 saturated carbocycles. The molecule has 0 aromatic heterocycles. The van der Waals surface area contributed by atoms with E-state index in [2.05, 4.69) is 0 Å². The maximum absolute atomic E-state index is 10.6. The van der Waals surface area contributed by atoms with Crippen molar-refractivity contribution in [2.24, 2.45) is 0 Å². The van der Waals surface area contributed by atoms with Crippen LogP contribution in [0.1, 0.15) is 29.2 Å². The number of aliphatic hydroxyl groups is 1. The van der Waals surface area contributed by atoms with Crippen molar-refractivity contribution in [1.82, 2.24) is 0 Å². The van der Waals surface area contributed by atoms with Crippen LogP contribution in [0.25, 0.3) is 0 Å². The minimum absolute atomic E-state index is 0.217. The Morgan fingerprint density at radius 2 is 1.95 bits per heavy atom. The van der Waals surface area contributed by atoms with Gasteiger partial charge in [-0.25, -0.2) is 0 Å². The minimum Gasteiger partial charge on any atom is -0.497 e. The third-order valence-electron chi connectivity index (χ3n) is 4.09. The van der Waals surface area contributed by atoms with Crippen LogP contribution in [0.5, 0.6) is 11.5 Å². The second-order valence-corrected chi connectivity index (χ2v) is 5.47. The Morgan fingerprint density at radius 1 is 1.14 bits per heavy atom. The number of ether oxygens (including phenoxy) is 2. The van der Waals surface area contributed by atoms with Gasteiger partial charge in [0, 0.05) is 0 Å². The number of rotatable bonds is 3. The Balaban J connectivity index is 1.85. The molecule has 1 aliphatic rings. The van der Waals surface area contributed by atoms with Gasteiger partial charge in [0.05, 0.1) is 7.11 Å². The Bertz CT molecular complexity index is 636. The molecule has 0 fully saturated rings. The molecule has 21 heavy (non-hydrogen) atoms. The smallest absolute Gasteiger partial charge is 0.129 e. The molecule has 0 saturated heterocycles. The third-order valence-corrected chi connectivity index (χ3v) is 4.09. The van der Waals surface area contributed by atoms with Gasteiger partial charge in [0.1, 0.15) is 23.7 Å². The zero-order chi connectivity index (χ0) is 14.8. The first-order valence-electron chi connectivity index (χ1n) is 7.26. The monoisotopic (exact) mass is 284 g/mol. The van der Waals surface area contributed by atoms with E-state index in [-0.39, 0.29) is 6.10 Å². The highest BCUT2D eigenvalue weighted by Gasteiger charge is 2.30. The molecule has 2 aromatic carbocycles. The van der Waals surface area contributed by atoms with Gasteiger partial charge in [0.15, 0.2) is 0 Å². The SMILES string of the molecule is COc1ccc2c(c1)C(O)C(Oc1ccccc1C)CC2. The second-order valence-electron chi connectivity index (χ2n) is 5.47. The molecule has 3 rings (SSSR count). The van der Waals surface area contributed by atoms with Crippen LogP contribution in [-0.2, 0) is 6.42 Å². The van der Waals surface area contributed by atoms with Gasteiger partial charge >= 0.3 is 0 Å². The summed E-state index contributed by atoms with van der Waals surface area (Å²) in [7, 11) is 1.64. The van der Waals surface area contributed by atoms with E-state index in [0.717, 1.165) is 35.5 Å². The number of fused-ring (bicyclic) bond motifs is 1. The molecule has 0 radical (unpaired) electrons. The number of methoxy groups -OCH3 is 1. The standard InChI is InChI=1S/C18H20O3/c1-12-5-3-4-6-16(12)21-17-10-8-13-7-9-14(20-2)11-15(13)18(17)19/h3-7,9,11,17-19H,8,10H2,1-2H3. The Kier molecular flexibility index (Phi) is 3.84. The van der Waals surface area contributed by atoms with Crippen LogP contribution in [-0.4, -0.2) is 18.3 Å². The van der Waals surface area contributed by atoms with Crippen LogP contribution in [0.15, 0.2) is 42.5 Å². The fourth-order valence-electron chi connectivity index (χ4n) is 2.83. The largest absolute Gasteiger partial charge is 0.497 e. The van der Waals surface area contributed by atoms with Crippen LogP contribution in [0.4, 0.5) is 0 Å². The maximum atomic E-state index is 10.6. The van der Waals surface area contributed by atoms with Gasteiger partial charge in [-0.3, -0.25) is 0 Å². The van der Waals surface area contributed by atoms with Gasteiger partial charge < -0.3 is 14.6 Å². The van der Waals surface area contributed by atoms with Gasteiger partial charge in [-0.15, -0.1) is 0 Å². The lowest BCUT2D eigenvalue weighted by atomic mass is 9.87. The summed E-state index contributed by atoms with van der Waals surface area (Å²) in [6, 6.07) is 13.8. The van der Waals surface area contributed by atoms with E-state index in [9.17, 15) is 5.11 Å². The number of aryl methyl sites for hydroxylation is 2. The van der Waals surface area contributed by atoms with E-state index in [1.807, 2.05) is 49.4 Å². The number of para-hydroxylation sites is 1. The van der Waals surface area contributed by atoms with Crippen LogP contribution < -0.4 is 9.47 Å². The molecule has 2 atom stereocenters. The highest BCUT2D eigenvalue weighted by atomic mass is 16.5. The summed E-state index contributed by atoms with van der Waals surface area (Å²) in [4.78, 5) is 0. The van der Waals surface area contributed by atoms with E-state index in [4.69, 9.17) is 9.47 Å².